The van der Waals surface area contributed by atoms with Gasteiger partial charge in [0.1, 0.15) is 0 Å². The van der Waals surface area contributed by atoms with Crippen molar-refractivity contribution in [2.24, 2.45) is 0 Å². The molecule has 20 heavy (non-hydrogen) atoms. The fourth-order valence-electron chi connectivity index (χ4n) is 2.04. The summed E-state index contributed by atoms with van der Waals surface area (Å²) in [7, 11) is 0. The van der Waals surface area contributed by atoms with E-state index in [2.05, 4.69) is 26.2 Å². The largest absolute Gasteiger partial charge is 0.353 e. The lowest BCUT2D eigenvalue weighted by Crippen LogP contribution is -2.28. The minimum absolute atomic E-state index is 0.00580. The molecule has 3 rings (SSSR count). The number of hydrogen-bond donors (Lipinski definition) is 1. The molecule has 1 aromatic heterocycles. The smallest absolute Gasteiger partial charge is 0.261 e. The zero-order valence-electron chi connectivity index (χ0n) is 10.8. The van der Waals surface area contributed by atoms with E-state index >= 15 is 0 Å². The van der Waals surface area contributed by atoms with Crippen LogP contribution >= 0.6 is 15.9 Å². The Morgan fingerprint density at radius 3 is 3.00 bits per heavy atom. The number of halogens is 1. The van der Waals surface area contributed by atoms with Crippen molar-refractivity contribution < 1.29 is 4.79 Å². The number of nitrogens with zero attached hydrogens (tertiary/aromatic N) is 2. The van der Waals surface area contributed by atoms with Gasteiger partial charge in [0.15, 0.2) is 0 Å². The highest BCUT2D eigenvalue weighted by molar-refractivity contribution is 9.10. The maximum atomic E-state index is 12.3. The number of rotatable bonds is 4. The SMILES string of the molecule is O=C(CCn1cnc2ccc(Br)cc2c1=O)NC1CC1. The summed E-state index contributed by atoms with van der Waals surface area (Å²) >= 11 is 3.35. The monoisotopic (exact) mass is 335 g/mol. The topological polar surface area (TPSA) is 64.0 Å². The Balaban J connectivity index is 1.79. The summed E-state index contributed by atoms with van der Waals surface area (Å²) < 4.78 is 2.33. The first-order valence-electron chi connectivity index (χ1n) is 6.57. The molecule has 1 aliphatic rings. The second-order valence-electron chi connectivity index (χ2n) is 5.00. The Bertz CT molecular complexity index is 722. The van der Waals surface area contributed by atoms with Gasteiger partial charge in [-0.25, -0.2) is 4.98 Å². The predicted octanol–water partition coefficient (Wildman–Crippen LogP) is 1.83. The summed E-state index contributed by atoms with van der Waals surface area (Å²) in [5.41, 5.74) is 0.549. The molecule has 0 atom stereocenters. The summed E-state index contributed by atoms with van der Waals surface area (Å²) in [6.07, 6.45) is 3.94. The lowest BCUT2D eigenvalue weighted by molar-refractivity contribution is -0.121. The van der Waals surface area contributed by atoms with Gasteiger partial charge in [0.2, 0.25) is 5.91 Å². The van der Waals surface area contributed by atoms with Crippen molar-refractivity contribution in [1.29, 1.82) is 0 Å². The third-order valence-electron chi connectivity index (χ3n) is 3.31. The molecule has 0 saturated heterocycles. The van der Waals surface area contributed by atoms with Crippen molar-refractivity contribution in [3.05, 3.63) is 39.4 Å². The van der Waals surface area contributed by atoms with Gasteiger partial charge in [0.25, 0.3) is 5.56 Å². The van der Waals surface area contributed by atoms with Crippen LogP contribution in [0, 0.1) is 0 Å². The zero-order valence-corrected chi connectivity index (χ0v) is 12.4. The zero-order chi connectivity index (χ0) is 14.1. The average molecular weight is 336 g/mol. The van der Waals surface area contributed by atoms with Crippen molar-refractivity contribution >= 4 is 32.7 Å². The van der Waals surface area contributed by atoms with Crippen LogP contribution in [0.3, 0.4) is 0 Å². The molecule has 0 unspecified atom stereocenters. The molecule has 1 saturated carbocycles. The Labute approximate surface area is 124 Å². The maximum absolute atomic E-state index is 12.3. The number of aryl methyl sites for hydroxylation is 1. The van der Waals surface area contributed by atoms with E-state index in [4.69, 9.17) is 0 Å². The molecule has 0 spiro atoms. The fraction of sp³-hybridized carbons (Fsp3) is 0.357. The van der Waals surface area contributed by atoms with Crippen molar-refractivity contribution in [2.75, 3.05) is 0 Å². The number of fused-ring (bicyclic) bond motifs is 1. The maximum Gasteiger partial charge on any atom is 0.261 e. The highest BCUT2D eigenvalue weighted by Crippen LogP contribution is 2.18. The van der Waals surface area contributed by atoms with E-state index in [0.717, 1.165) is 17.3 Å². The number of carbonyl (C=O) groups excluding carboxylic acids is 1. The molecule has 2 aromatic rings. The molecular formula is C14H14BrN3O2. The van der Waals surface area contributed by atoms with Crippen LogP contribution in [-0.4, -0.2) is 21.5 Å². The van der Waals surface area contributed by atoms with E-state index in [1.807, 2.05) is 6.07 Å². The van der Waals surface area contributed by atoms with Crippen LogP contribution in [0.1, 0.15) is 19.3 Å². The molecule has 1 heterocycles. The predicted molar refractivity (Wildman–Crippen MR) is 79.5 cm³/mol. The third-order valence-corrected chi connectivity index (χ3v) is 3.80. The Kier molecular flexibility index (Phi) is 3.56. The van der Waals surface area contributed by atoms with Crippen molar-refractivity contribution in [3.8, 4) is 0 Å². The normalized spacial score (nSPS) is 14.4. The summed E-state index contributed by atoms with van der Waals surface area (Å²) in [5.74, 6) is -0.00580. The highest BCUT2D eigenvalue weighted by atomic mass is 79.9. The minimum atomic E-state index is -0.115. The van der Waals surface area contributed by atoms with E-state index in [-0.39, 0.29) is 11.5 Å². The number of aromatic nitrogens is 2. The van der Waals surface area contributed by atoms with Gasteiger partial charge < -0.3 is 5.32 Å². The van der Waals surface area contributed by atoms with E-state index in [1.165, 1.54) is 10.9 Å². The van der Waals surface area contributed by atoms with Crippen LogP contribution in [0.4, 0.5) is 0 Å². The third kappa shape index (κ3) is 2.90. The van der Waals surface area contributed by atoms with Gasteiger partial charge in [-0.1, -0.05) is 15.9 Å². The van der Waals surface area contributed by atoms with Crippen LogP contribution in [0.5, 0.6) is 0 Å². The first-order valence-corrected chi connectivity index (χ1v) is 7.37. The van der Waals surface area contributed by atoms with Crippen molar-refractivity contribution in [2.45, 2.75) is 31.8 Å². The molecule has 104 valence electrons. The second-order valence-corrected chi connectivity index (χ2v) is 5.91. The van der Waals surface area contributed by atoms with Gasteiger partial charge in [-0.3, -0.25) is 14.2 Å². The number of nitrogens with one attached hydrogen (secondary N) is 1. The Hall–Kier alpha value is -1.69. The summed E-state index contributed by atoms with van der Waals surface area (Å²) in [6, 6.07) is 5.75. The fourth-order valence-corrected chi connectivity index (χ4v) is 2.40. The minimum Gasteiger partial charge on any atom is -0.353 e. The molecule has 1 aromatic carbocycles. The van der Waals surface area contributed by atoms with Gasteiger partial charge in [0.05, 0.1) is 17.2 Å². The lowest BCUT2D eigenvalue weighted by atomic mass is 10.2. The first kappa shape index (κ1) is 13.3. The summed E-state index contributed by atoms with van der Waals surface area (Å²) in [6.45, 7) is 0.354. The molecule has 1 aliphatic carbocycles. The van der Waals surface area contributed by atoms with E-state index < -0.39 is 0 Å². The number of amides is 1. The van der Waals surface area contributed by atoms with Crippen molar-refractivity contribution in [1.82, 2.24) is 14.9 Å². The van der Waals surface area contributed by atoms with Gasteiger partial charge in [-0.2, -0.15) is 0 Å². The molecule has 0 aliphatic heterocycles. The quantitative estimate of drug-likeness (QED) is 0.926. The molecule has 1 amide bonds. The molecular weight excluding hydrogens is 322 g/mol. The molecule has 0 bridgehead atoms. The van der Waals surface area contributed by atoms with Crippen molar-refractivity contribution in [3.63, 3.8) is 0 Å². The van der Waals surface area contributed by atoms with Crippen LogP contribution < -0.4 is 10.9 Å². The molecule has 5 nitrogen and oxygen atoms in total. The van der Waals surface area contributed by atoms with E-state index in [9.17, 15) is 9.59 Å². The Morgan fingerprint density at radius 2 is 2.25 bits per heavy atom. The average Bonchev–Trinajstić information content (AvgIpc) is 3.22. The second kappa shape index (κ2) is 5.36. The van der Waals surface area contributed by atoms with Crippen LogP contribution in [0.15, 0.2) is 33.8 Å². The van der Waals surface area contributed by atoms with Gasteiger partial charge >= 0.3 is 0 Å². The lowest BCUT2D eigenvalue weighted by Gasteiger charge is -2.07. The molecule has 6 heteroatoms. The standard InChI is InChI=1S/C14H14BrN3O2/c15-9-1-4-12-11(7-9)14(20)18(8-16-12)6-5-13(19)17-10-2-3-10/h1,4,7-8,10H,2-3,5-6H2,(H,17,19). The van der Waals surface area contributed by atoms with E-state index in [1.54, 1.807) is 12.1 Å². The summed E-state index contributed by atoms with van der Waals surface area (Å²) in [5, 5.41) is 3.47. The van der Waals surface area contributed by atoms with Gasteiger partial charge in [0, 0.05) is 23.5 Å². The first-order chi connectivity index (χ1) is 9.63. The van der Waals surface area contributed by atoms with Crippen LogP contribution in [-0.2, 0) is 11.3 Å². The Morgan fingerprint density at radius 1 is 1.45 bits per heavy atom. The number of benzene rings is 1. The van der Waals surface area contributed by atoms with Crippen LogP contribution in [0.25, 0.3) is 10.9 Å². The number of hydrogen-bond acceptors (Lipinski definition) is 3. The summed E-state index contributed by atoms with van der Waals surface area (Å²) in [4.78, 5) is 28.2. The van der Waals surface area contributed by atoms with Gasteiger partial charge in [-0.05, 0) is 31.0 Å². The molecule has 1 fully saturated rings. The van der Waals surface area contributed by atoms with Crippen LogP contribution in [0.2, 0.25) is 0 Å². The number of carbonyl (C=O) groups is 1. The molecule has 1 N–H and O–H groups in total. The van der Waals surface area contributed by atoms with Gasteiger partial charge in [-0.15, -0.1) is 0 Å². The molecule has 0 radical (unpaired) electrons. The van der Waals surface area contributed by atoms with E-state index in [0.29, 0.717) is 29.9 Å². The highest BCUT2D eigenvalue weighted by Gasteiger charge is 2.22.